The molecular formula is C44H76N2O9Si. The molecule has 4 fully saturated rings. The van der Waals surface area contributed by atoms with E-state index in [0.29, 0.717) is 51.0 Å². The van der Waals surface area contributed by atoms with Crippen LogP contribution in [-0.2, 0) is 42.3 Å². The Balaban J connectivity index is 1.50. The highest BCUT2D eigenvalue weighted by molar-refractivity contribution is 6.74. The fourth-order valence-electron chi connectivity index (χ4n) is 8.81. The first kappa shape index (κ1) is 47.3. The van der Waals surface area contributed by atoms with Gasteiger partial charge in [0.05, 0.1) is 55.4 Å². The Morgan fingerprint density at radius 1 is 0.750 bits per heavy atom. The molecule has 4 aliphatic heterocycles. The molecule has 11 nitrogen and oxygen atoms in total. The first-order valence-corrected chi connectivity index (χ1v) is 24.0. The van der Waals surface area contributed by atoms with Gasteiger partial charge in [-0.2, -0.15) is 10.5 Å². The van der Waals surface area contributed by atoms with E-state index in [9.17, 15) is 10.5 Å². The van der Waals surface area contributed by atoms with Gasteiger partial charge in [-0.15, -0.1) is 0 Å². The molecule has 4 heterocycles. The van der Waals surface area contributed by atoms with Crippen molar-refractivity contribution in [1.82, 2.24) is 0 Å². The van der Waals surface area contributed by atoms with Crippen LogP contribution in [-0.4, -0.2) is 85.9 Å². The van der Waals surface area contributed by atoms with Crippen LogP contribution in [0.4, 0.5) is 0 Å². The molecule has 10 atom stereocenters. The SMILES string of the molecule is CC(C)[C@@H](O[Si](C)(C)C(C)(C)C)[C@H](C)/C=C/[C@@H]1C[C@@](C#N)(C[C@H]2C[C@H](C[C@]3(C#N)C[C@@H](C[C@@H]4OC(C)(C)OC[C@H]4C)OC(C)(C)O3)OC(C)(C)O2)OC(C)(C)O1. The van der Waals surface area contributed by atoms with Crippen LogP contribution < -0.4 is 0 Å². The number of nitrogens with zero attached hydrogens (tertiary/aromatic N) is 2. The third kappa shape index (κ3) is 12.3. The van der Waals surface area contributed by atoms with E-state index in [1.165, 1.54) is 0 Å². The quantitative estimate of drug-likeness (QED) is 0.138. The predicted octanol–water partition coefficient (Wildman–Crippen LogP) is 9.70. The van der Waals surface area contributed by atoms with Crippen molar-refractivity contribution in [3.63, 3.8) is 0 Å². The topological polar surface area (TPSA) is 131 Å². The highest BCUT2D eigenvalue weighted by atomic mass is 28.4. The van der Waals surface area contributed by atoms with Crippen LogP contribution in [0.1, 0.15) is 142 Å². The van der Waals surface area contributed by atoms with E-state index in [4.69, 9.17) is 42.3 Å². The highest BCUT2D eigenvalue weighted by Crippen LogP contribution is 2.45. The fraction of sp³-hybridized carbons (Fsp3) is 0.909. The summed E-state index contributed by atoms with van der Waals surface area (Å²) in [6, 6.07) is 5.08. The molecule has 12 heteroatoms. The Morgan fingerprint density at radius 3 is 1.79 bits per heavy atom. The molecule has 0 spiro atoms. The van der Waals surface area contributed by atoms with E-state index in [-0.39, 0.29) is 53.5 Å². The lowest BCUT2D eigenvalue weighted by molar-refractivity contribution is -0.352. The van der Waals surface area contributed by atoms with Gasteiger partial charge in [0.1, 0.15) is 0 Å². The number of rotatable bonds is 12. The van der Waals surface area contributed by atoms with Gasteiger partial charge in [-0.05, 0) is 85.4 Å². The van der Waals surface area contributed by atoms with Crippen LogP contribution in [0.15, 0.2) is 12.2 Å². The van der Waals surface area contributed by atoms with Crippen LogP contribution in [0.25, 0.3) is 0 Å². The standard InChI is InChI=1S/C44H76N2O9Si/c1-29(2)37(53-56(16,17)38(5,6)7)30(3)18-19-32-22-43(27-45,54-41(12,13)48-32)23-33-20-34(50-40(10,11)49-33)24-44(28-46)25-35(51-42(14,15)55-44)21-36-31(4)26-47-39(8,9)52-36/h18-19,29-37H,20-26H2,1-17H3/b19-18+/t30-,31-,32-,33-,34-,35-,36+,37-,43+,44-/m1/s1. The van der Waals surface area contributed by atoms with E-state index in [0.717, 1.165) is 0 Å². The lowest BCUT2D eigenvalue weighted by atomic mass is 9.82. The number of hydrogen-bond donors (Lipinski definition) is 0. The van der Waals surface area contributed by atoms with Gasteiger partial charge in [0.2, 0.25) is 0 Å². The Hall–Kier alpha value is -1.42. The second kappa shape index (κ2) is 16.9. The maximum absolute atomic E-state index is 10.8. The molecule has 4 rings (SSSR count). The summed E-state index contributed by atoms with van der Waals surface area (Å²) in [5, 5.41) is 21.7. The fourth-order valence-corrected chi connectivity index (χ4v) is 10.3. The first-order chi connectivity index (χ1) is 25.4. The van der Waals surface area contributed by atoms with Gasteiger partial charge in [-0.25, -0.2) is 0 Å². The molecule has 0 aliphatic carbocycles. The molecule has 0 aromatic heterocycles. The molecule has 0 N–H and O–H groups in total. The predicted molar refractivity (Wildman–Crippen MR) is 218 cm³/mol. The lowest BCUT2D eigenvalue weighted by Crippen LogP contribution is -2.57. The van der Waals surface area contributed by atoms with Crippen LogP contribution in [0.5, 0.6) is 0 Å². The van der Waals surface area contributed by atoms with Crippen LogP contribution in [0.3, 0.4) is 0 Å². The van der Waals surface area contributed by atoms with Crippen molar-refractivity contribution < 1.29 is 42.3 Å². The van der Waals surface area contributed by atoms with Crippen molar-refractivity contribution in [1.29, 1.82) is 10.5 Å². The van der Waals surface area contributed by atoms with Crippen molar-refractivity contribution in [3.8, 4) is 12.1 Å². The van der Waals surface area contributed by atoms with Gasteiger partial charge in [0.15, 0.2) is 42.7 Å². The summed E-state index contributed by atoms with van der Waals surface area (Å²) in [4.78, 5) is 0. The second-order valence-electron chi connectivity index (χ2n) is 21.0. The number of ether oxygens (including phenoxy) is 8. The van der Waals surface area contributed by atoms with E-state index in [2.05, 4.69) is 85.9 Å². The van der Waals surface area contributed by atoms with Gasteiger partial charge in [0, 0.05) is 44.4 Å². The monoisotopic (exact) mass is 805 g/mol. The molecule has 4 saturated heterocycles. The van der Waals surface area contributed by atoms with Gasteiger partial charge in [-0.1, -0.05) is 60.6 Å². The van der Waals surface area contributed by atoms with Crippen molar-refractivity contribution in [2.75, 3.05) is 6.61 Å². The van der Waals surface area contributed by atoms with Crippen molar-refractivity contribution in [2.24, 2.45) is 17.8 Å². The molecule has 0 radical (unpaired) electrons. The summed E-state index contributed by atoms with van der Waals surface area (Å²) in [5.41, 5.74) is -2.35. The zero-order chi connectivity index (χ0) is 42.3. The second-order valence-corrected chi connectivity index (χ2v) is 25.7. The maximum Gasteiger partial charge on any atom is 0.192 e. The molecule has 56 heavy (non-hydrogen) atoms. The average molecular weight is 805 g/mol. The molecule has 0 saturated carbocycles. The van der Waals surface area contributed by atoms with Gasteiger partial charge in [0.25, 0.3) is 0 Å². The molecule has 0 bridgehead atoms. The molecule has 0 amide bonds. The largest absolute Gasteiger partial charge is 0.413 e. The lowest BCUT2D eigenvalue weighted by Gasteiger charge is -2.50. The van der Waals surface area contributed by atoms with Crippen molar-refractivity contribution in [3.05, 3.63) is 12.2 Å². The molecule has 0 aromatic rings. The van der Waals surface area contributed by atoms with Gasteiger partial charge < -0.3 is 42.3 Å². The van der Waals surface area contributed by atoms with Gasteiger partial charge >= 0.3 is 0 Å². The van der Waals surface area contributed by atoms with Crippen LogP contribution in [0, 0.1) is 40.4 Å². The summed E-state index contributed by atoms with van der Waals surface area (Å²) in [5.74, 6) is -3.02. The van der Waals surface area contributed by atoms with E-state index in [1.54, 1.807) is 0 Å². The summed E-state index contributed by atoms with van der Waals surface area (Å²) >= 11 is 0. The Kier molecular flexibility index (Phi) is 14.3. The number of hydrogen-bond acceptors (Lipinski definition) is 11. The summed E-state index contributed by atoms with van der Waals surface area (Å²) in [7, 11) is -2.00. The normalized spacial score (nSPS) is 37.1. The molecule has 0 aromatic carbocycles. The zero-order valence-electron chi connectivity index (χ0n) is 37.9. The maximum atomic E-state index is 10.8. The number of nitriles is 2. The van der Waals surface area contributed by atoms with E-state index < -0.39 is 42.7 Å². The van der Waals surface area contributed by atoms with E-state index >= 15 is 0 Å². The minimum absolute atomic E-state index is 0.0543. The molecule has 320 valence electrons. The van der Waals surface area contributed by atoms with Crippen molar-refractivity contribution in [2.45, 2.75) is 231 Å². The molecule has 4 aliphatic rings. The average Bonchev–Trinajstić information content (AvgIpc) is 3.01. The minimum atomic E-state index is -2.00. The van der Waals surface area contributed by atoms with E-state index in [1.807, 2.05) is 55.4 Å². The zero-order valence-corrected chi connectivity index (χ0v) is 38.9. The summed E-state index contributed by atoms with van der Waals surface area (Å²) < 4.78 is 57.9. The third-order valence-electron chi connectivity index (χ3n) is 12.1. The molecule has 0 unspecified atom stereocenters. The van der Waals surface area contributed by atoms with Crippen molar-refractivity contribution >= 4 is 8.32 Å². The first-order valence-electron chi connectivity index (χ1n) is 21.0. The van der Waals surface area contributed by atoms with Crippen LogP contribution in [0.2, 0.25) is 18.1 Å². The Bertz CT molecular complexity index is 1460. The minimum Gasteiger partial charge on any atom is -0.413 e. The molecular weight excluding hydrogens is 729 g/mol. The summed E-state index contributed by atoms with van der Waals surface area (Å²) in [6.07, 6.45) is 5.28. The van der Waals surface area contributed by atoms with Gasteiger partial charge in [-0.3, -0.25) is 0 Å². The highest BCUT2D eigenvalue weighted by Gasteiger charge is 2.53. The van der Waals surface area contributed by atoms with Crippen LogP contribution >= 0.6 is 0 Å². The Labute approximate surface area is 340 Å². The smallest absolute Gasteiger partial charge is 0.192 e. The Morgan fingerprint density at radius 2 is 1.27 bits per heavy atom. The third-order valence-corrected chi connectivity index (χ3v) is 16.6. The summed E-state index contributed by atoms with van der Waals surface area (Å²) in [6.45, 7) is 35.8.